The van der Waals surface area contributed by atoms with E-state index in [0.29, 0.717) is 18.1 Å². The number of hydrogen-bond donors (Lipinski definition) is 3. The molecule has 7 nitrogen and oxygen atoms in total. The number of nitrogens with zero attached hydrogens (tertiary/aromatic N) is 1. The van der Waals surface area contributed by atoms with Crippen LogP contribution in [0.1, 0.15) is 13.8 Å². The molecule has 1 aromatic heterocycles. The van der Waals surface area contributed by atoms with Crippen molar-refractivity contribution < 1.29 is 14.3 Å². The maximum atomic E-state index is 11.7. The Bertz CT molecular complexity index is 433. The highest BCUT2D eigenvalue weighted by Gasteiger charge is 2.15. The van der Waals surface area contributed by atoms with Gasteiger partial charge in [-0.1, -0.05) is 0 Å². The summed E-state index contributed by atoms with van der Waals surface area (Å²) in [4.78, 5) is 26.9. The van der Waals surface area contributed by atoms with E-state index < -0.39 is 18.0 Å². The normalized spacial score (nSPS) is 11.3. The van der Waals surface area contributed by atoms with Crippen molar-refractivity contribution in [1.82, 2.24) is 15.6 Å². The third-order valence-corrected chi connectivity index (χ3v) is 2.30. The number of aromatic nitrogens is 1. The topological polar surface area (TPSA) is 92.4 Å². The van der Waals surface area contributed by atoms with Gasteiger partial charge in [0.15, 0.2) is 0 Å². The molecule has 19 heavy (non-hydrogen) atoms. The van der Waals surface area contributed by atoms with Crippen LogP contribution in [-0.4, -0.2) is 36.6 Å². The van der Waals surface area contributed by atoms with Gasteiger partial charge in [0.1, 0.15) is 6.04 Å². The van der Waals surface area contributed by atoms with Gasteiger partial charge >= 0.3 is 6.03 Å². The highest BCUT2D eigenvalue weighted by atomic mass is 16.5. The number of urea groups is 1. The van der Waals surface area contributed by atoms with Gasteiger partial charge in [0.05, 0.1) is 19.0 Å². The van der Waals surface area contributed by atoms with Crippen LogP contribution < -0.4 is 20.7 Å². The summed E-state index contributed by atoms with van der Waals surface area (Å²) in [6, 6.07) is 2.35. The molecule has 1 rings (SSSR count). The minimum absolute atomic E-state index is 0.415. The highest BCUT2D eigenvalue weighted by molar-refractivity contribution is 5.97. The minimum Gasteiger partial charge on any atom is -0.481 e. The number of pyridine rings is 1. The van der Waals surface area contributed by atoms with Gasteiger partial charge in [-0.05, 0) is 19.9 Å². The number of nitrogens with one attached hydrogen (secondary N) is 3. The molecule has 1 atom stereocenters. The van der Waals surface area contributed by atoms with E-state index in [-0.39, 0.29) is 0 Å². The van der Waals surface area contributed by atoms with Gasteiger partial charge in [-0.3, -0.25) is 10.1 Å². The predicted molar refractivity (Wildman–Crippen MR) is 71.1 cm³/mol. The number of hydrogen-bond acceptors (Lipinski definition) is 5. The van der Waals surface area contributed by atoms with Gasteiger partial charge in [0.25, 0.3) is 0 Å². The molecule has 7 heteroatoms. The first-order chi connectivity index (χ1) is 9.06. The van der Waals surface area contributed by atoms with Gasteiger partial charge in [0.2, 0.25) is 11.8 Å². The average Bonchev–Trinajstić information content (AvgIpc) is 2.39. The van der Waals surface area contributed by atoms with Crippen molar-refractivity contribution in [1.29, 1.82) is 0 Å². The molecule has 0 saturated carbocycles. The smallest absolute Gasteiger partial charge is 0.321 e. The van der Waals surface area contributed by atoms with Gasteiger partial charge in [-0.25, -0.2) is 9.78 Å². The Labute approximate surface area is 111 Å². The molecule has 1 heterocycles. The fraction of sp³-hybridized carbons (Fsp3) is 0.417. The van der Waals surface area contributed by atoms with Crippen molar-refractivity contribution in [2.45, 2.75) is 19.9 Å². The van der Waals surface area contributed by atoms with Crippen LogP contribution >= 0.6 is 0 Å². The van der Waals surface area contributed by atoms with Crippen molar-refractivity contribution in [3.63, 3.8) is 0 Å². The summed E-state index contributed by atoms with van der Waals surface area (Å²) in [5.74, 6) is 0.0757. The number of anilines is 1. The molecule has 0 aliphatic rings. The van der Waals surface area contributed by atoms with Crippen molar-refractivity contribution in [3.8, 4) is 5.88 Å². The molecule has 0 aliphatic heterocycles. The predicted octanol–water partition coefficient (Wildman–Crippen LogP) is 0.736. The first-order valence-electron chi connectivity index (χ1n) is 5.92. The molecule has 0 saturated heterocycles. The van der Waals surface area contributed by atoms with E-state index in [1.807, 2.05) is 0 Å². The molecule has 0 aromatic carbocycles. The summed E-state index contributed by atoms with van der Waals surface area (Å²) in [7, 11) is 1.53. The maximum absolute atomic E-state index is 11.7. The van der Waals surface area contributed by atoms with Crippen molar-refractivity contribution >= 4 is 17.6 Å². The van der Waals surface area contributed by atoms with E-state index in [1.165, 1.54) is 7.11 Å². The molecular weight excluding hydrogens is 248 g/mol. The van der Waals surface area contributed by atoms with Gasteiger partial charge in [0, 0.05) is 12.6 Å². The fourth-order valence-electron chi connectivity index (χ4n) is 1.33. The third kappa shape index (κ3) is 4.82. The summed E-state index contributed by atoms with van der Waals surface area (Å²) in [6.45, 7) is 3.89. The van der Waals surface area contributed by atoms with Crippen LogP contribution in [0, 0.1) is 0 Å². The number of rotatable bonds is 5. The zero-order chi connectivity index (χ0) is 14.3. The quantitative estimate of drug-likeness (QED) is 0.731. The molecule has 104 valence electrons. The molecule has 1 unspecified atom stereocenters. The number of carbonyl (C=O) groups excluding carboxylic acids is 2. The van der Waals surface area contributed by atoms with E-state index in [4.69, 9.17) is 4.74 Å². The average molecular weight is 266 g/mol. The number of ether oxygens (including phenoxy) is 1. The molecule has 0 aliphatic carbocycles. The molecule has 0 spiro atoms. The molecule has 0 bridgehead atoms. The molecule has 0 radical (unpaired) electrons. The lowest BCUT2D eigenvalue weighted by atomic mass is 10.3. The largest absolute Gasteiger partial charge is 0.481 e. The first kappa shape index (κ1) is 14.7. The van der Waals surface area contributed by atoms with Crippen LogP contribution in [0.25, 0.3) is 0 Å². The number of amides is 3. The first-order valence-corrected chi connectivity index (χ1v) is 5.92. The van der Waals surface area contributed by atoms with Crippen molar-refractivity contribution in [3.05, 3.63) is 18.3 Å². The van der Waals surface area contributed by atoms with Gasteiger partial charge in [-0.2, -0.15) is 0 Å². The van der Waals surface area contributed by atoms with Crippen LogP contribution in [0.2, 0.25) is 0 Å². The van der Waals surface area contributed by atoms with E-state index in [0.717, 1.165) is 0 Å². The lowest BCUT2D eigenvalue weighted by Crippen LogP contribution is -2.45. The number of imide groups is 1. The zero-order valence-electron chi connectivity index (χ0n) is 11.2. The summed E-state index contributed by atoms with van der Waals surface area (Å²) < 4.78 is 4.93. The SMILES string of the molecule is CCNC(=O)NC(=O)C(C)Nc1ccc(OC)nc1. The van der Waals surface area contributed by atoms with Crippen LogP contribution in [0.15, 0.2) is 18.3 Å². The lowest BCUT2D eigenvalue weighted by Gasteiger charge is -2.14. The molecular formula is C12H18N4O3. The third-order valence-electron chi connectivity index (χ3n) is 2.30. The van der Waals surface area contributed by atoms with Crippen molar-refractivity contribution in [2.75, 3.05) is 19.0 Å². The van der Waals surface area contributed by atoms with Gasteiger partial charge in [-0.15, -0.1) is 0 Å². The summed E-state index contributed by atoms with van der Waals surface area (Å²) in [5, 5.41) is 7.64. The summed E-state index contributed by atoms with van der Waals surface area (Å²) in [6.07, 6.45) is 1.55. The second-order valence-corrected chi connectivity index (χ2v) is 3.80. The maximum Gasteiger partial charge on any atom is 0.321 e. The Hall–Kier alpha value is -2.31. The number of methoxy groups -OCH3 is 1. The lowest BCUT2D eigenvalue weighted by molar-refractivity contribution is -0.120. The number of carbonyl (C=O) groups is 2. The summed E-state index contributed by atoms with van der Waals surface area (Å²) >= 11 is 0. The second kappa shape index (κ2) is 7.20. The van der Waals surface area contributed by atoms with E-state index in [2.05, 4.69) is 20.9 Å². The van der Waals surface area contributed by atoms with Crippen LogP contribution in [-0.2, 0) is 4.79 Å². The van der Waals surface area contributed by atoms with Crippen LogP contribution in [0.5, 0.6) is 5.88 Å². The molecule has 0 fully saturated rings. The molecule has 1 aromatic rings. The van der Waals surface area contributed by atoms with E-state index in [9.17, 15) is 9.59 Å². The Balaban J connectivity index is 2.50. The fourth-order valence-corrected chi connectivity index (χ4v) is 1.33. The van der Waals surface area contributed by atoms with E-state index in [1.54, 1.807) is 32.2 Å². The van der Waals surface area contributed by atoms with Gasteiger partial charge < -0.3 is 15.4 Å². The summed E-state index contributed by atoms with van der Waals surface area (Å²) in [5.41, 5.74) is 0.666. The Morgan fingerprint density at radius 1 is 1.42 bits per heavy atom. The van der Waals surface area contributed by atoms with Crippen LogP contribution in [0.4, 0.5) is 10.5 Å². The minimum atomic E-state index is -0.558. The molecule has 3 N–H and O–H groups in total. The second-order valence-electron chi connectivity index (χ2n) is 3.80. The van der Waals surface area contributed by atoms with E-state index >= 15 is 0 Å². The Morgan fingerprint density at radius 3 is 2.68 bits per heavy atom. The molecule has 3 amide bonds. The standard InChI is InChI=1S/C12H18N4O3/c1-4-13-12(18)16-11(17)8(2)15-9-5-6-10(19-3)14-7-9/h5-8,15H,4H2,1-3H3,(H2,13,16,17,18). The monoisotopic (exact) mass is 266 g/mol. The van der Waals surface area contributed by atoms with Crippen LogP contribution in [0.3, 0.4) is 0 Å². The Morgan fingerprint density at radius 2 is 2.16 bits per heavy atom. The zero-order valence-corrected chi connectivity index (χ0v) is 11.2. The highest BCUT2D eigenvalue weighted by Crippen LogP contribution is 2.11. The van der Waals surface area contributed by atoms with Crippen molar-refractivity contribution in [2.24, 2.45) is 0 Å². The Kier molecular flexibility index (Phi) is 5.59.